The monoisotopic (exact) mass is 166 g/mol. The first kappa shape index (κ1) is 8.93. The highest BCUT2D eigenvalue weighted by Crippen LogP contribution is 1.94. The van der Waals surface area contributed by atoms with Gasteiger partial charge in [0.15, 0.2) is 0 Å². The molecule has 1 heterocycles. The maximum absolute atomic E-state index is 5.58. The van der Waals surface area contributed by atoms with E-state index in [-0.39, 0.29) is 6.04 Å². The number of nitrogens with zero attached hydrogens (tertiary/aromatic N) is 2. The van der Waals surface area contributed by atoms with Crippen molar-refractivity contribution < 1.29 is 0 Å². The van der Waals surface area contributed by atoms with Crippen molar-refractivity contribution in [1.29, 1.82) is 0 Å². The highest BCUT2D eigenvalue weighted by molar-refractivity contribution is 5.21. The highest BCUT2D eigenvalue weighted by atomic mass is 15.1. The van der Waals surface area contributed by atoms with Crippen molar-refractivity contribution in [2.45, 2.75) is 19.4 Å². The minimum Gasteiger partial charge on any atom is -0.354 e. The Labute approximate surface area is 72.2 Å². The molecule has 0 aliphatic rings. The topological polar surface area (TPSA) is 63.8 Å². The van der Waals surface area contributed by atoms with E-state index in [2.05, 4.69) is 15.3 Å². The standard InChI is InChI=1S/C8H14N4/c1-7(9)3-6-12-8-10-4-2-5-11-8/h2,4-5,7H,3,6,9H2,1H3,(H,10,11,12). The third kappa shape index (κ3) is 3.30. The van der Waals surface area contributed by atoms with Crippen molar-refractivity contribution in [2.75, 3.05) is 11.9 Å². The Morgan fingerprint density at radius 3 is 2.75 bits per heavy atom. The first-order valence-corrected chi connectivity index (χ1v) is 4.05. The lowest BCUT2D eigenvalue weighted by molar-refractivity contribution is 0.688. The fraction of sp³-hybridized carbons (Fsp3) is 0.500. The maximum atomic E-state index is 5.58. The summed E-state index contributed by atoms with van der Waals surface area (Å²) in [6, 6.07) is 2.01. The number of anilines is 1. The zero-order chi connectivity index (χ0) is 8.81. The summed E-state index contributed by atoms with van der Waals surface area (Å²) in [5.74, 6) is 0.665. The molecule has 1 aromatic heterocycles. The van der Waals surface area contributed by atoms with Crippen LogP contribution >= 0.6 is 0 Å². The van der Waals surface area contributed by atoms with Crippen LogP contribution in [0, 0.1) is 0 Å². The highest BCUT2D eigenvalue weighted by Gasteiger charge is 1.94. The van der Waals surface area contributed by atoms with Crippen molar-refractivity contribution in [3.63, 3.8) is 0 Å². The van der Waals surface area contributed by atoms with Crippen LogP contribution in [-0.2, 0) is 0 Å². The lowest BCUT2D eigenvalue weighted by Crippen LogP contribution is -2.19. The minimum absolute atomic E-state index is 0.223. The van der Waals surface area contributed by atoms with Crippen LogP contribution in [0.15, 0.2) is 18.5 Å². The van der Waals surface area contributed by atoms with E-state index in [1.807, 2.05) is 6.92 Å². The molecule has 0 saturated carbocycles. The van der Waals surface area contributed by atoms with Crippen molar-refractivity contribution in [2.24, 2.45) is 5.73 Å². The number of hydrogen-bond acceptors (Lipinski definition) is 4. The van der Waals surface area contributed by atoms with Gasteiger partial charge < -0.3 is 11.1 Å². The summed E-state index contributed by atoms with van der Waals surface area (Å²) in [4.78, 5) is 8.03. The van der Waals surface area contributed by atoms with Gasteiger partial charge >= 0.3 is 0 Å². The molecule has 4 nitrogen and oxygen atoms in total. The van der Waals surface area contributed by atoms with E-state index in [0.29, 0.717) is 5.95 Å². The predicted molar refractivity (Wildman–Crippen MR) is 48.8 cm³/mol. The largest absolute Gasteiger partial charge is 0.354 e. The van der Waals surface area contributed by atoms with E-state index >= 15 is 0 Å². The molecule has 0 spiro atoms. The van der Waals surface area contributed by atoms with Crippen LogP contribution in [-0.4, -0.2) is 22.6 Å². The molecule has 1 rings (SSSR count). The molecule has 0 aliphatic carbocycles. The number of nitrogens with one attached hydrogen (secondary N) is 1. The fourth-order valence-corrected chi connectivity index (χ4v) is 0.802. The van der Waals surface area contributed by atoms with E-state index in [1.54, 1.807) is 18.5 Å². The Bertz CT molecular complexity index is 210. The molecule has 0 fully saturated rings. The van der Waals surface area contributed by atoms with Gasteiger partial charge in [-0.1, -0.05) is 0 Å². The van der Waals surface area contributed by atoms with Crippen LogP contribution in [0.2, 0.25) is 0 Å². The van der Waals surface area contributed by atoms with Crippen LogP contribution in [0.4, 0.5) is 5.95 Å². The predicted octanol–water partition coefficient (Wildman–Crippen LogP) is 0.626. The molecule has 3 N–H and O–H groups in total. The molecule has 0 aliphatic heterocycles. The third-order valence-electron chi connectivity index (χ3n) is 1.45. The quantitative estimate of drug-likeness (QED) is 0.688. The molecule has 1 atom stereocenters. The minimum atomic E-state index is 0.223. The zero-order valence-electron chi connectivity index (χ0n) is 7.20. The second-order valence-corrected chi connectivity index (χ2v) is 2.77. The maximum Gasteiger partial charge on any atom is 0.222 e. The van der Waals surface area contributed by atoms with Crippen molar-refractivity contribution >= 4 is 5.95 Å². The van der Waals surface area contributed by atoms with Gasteiger partial charge in [-0.05, 0) is 19.4 Å². The molecule has 0 radical (unpaired) electrons. The zero-order valence-corrected chi connectivity index (χ0v) is 7.20. The molecular weight excluding hydrogens is 152 g/mol. The smallest absolute Gasteiger partial charge is 0.222 e. The van der Waals surface area contributed by atoms with Gasteiger partial charge in [-0.15, -0.1) is 0 Å². The van der Waals surface area contributed by atoms with E-state index < -0.39 is 0 Å². The van der Waals surface area contributed by atoms with E-state index in [4.69, 9.17) is 5.73 Å². The summed E-state index contributed by atoms with van der Waals surface area (Å²) in [6.45, 7) is 2.80. The third-order valence-corrected chi connectivity index (χ3v) is 1.45. The second kappa shape index (κ2) is 4.66. The lowest BCUT2D eigenvalue weighted by atomic mass is 10.2. The Hall–Kier alpha value is -1.16. The van der Waals surface area contributed by atoms with Crippen LogP contribution in [0.3, 0.4) is 0 Å². The first-order chi connectivity index (χ1) is 5.79. The molecule has 66 valence electrons. The first-order valence-electron chi connectivity index (χ1n) is 4.05. The van der Waals surface area contributed by atoms with E-state index in [9.17, 15) is 0 Å². The van der Waals surface area contributed by atoms with Gasteiger partial charge in [0.2, 0.25) is 5.95 Å². The number of rotatable bonds is 4. The average molecular weight is 166 g/mol. The summed E-state index contributed by atoms with van der Waals surface area (Å²) >= 11 is 0. The fourth-order valence-electron chi connectivity index (χ4n) is 0.802. The summed E-state index contributed by atoms with van der Waals surface area (Å²) in [6.07, 6.45) is 4.35. The van der Waals surface area contributed by atoms with Gasteiger partial charge in [-0.25, -0.2) is 9.97 Å². The molecule has 0 amide bonds. The van der Waals surface area contributed by atoms with Crippen LogP contribution in [0.1, 0.15) is 13.3 Å². The average Bonchev–Trinajstić information content (AvgIpc) is 2.05. The second-order valence-electron chi connectivity index (χ2n) is 2.77. The Kier molecular flexibility index (Phi) is 3.47. The van der Waals surface area contributed by atoms with Gasteiger partial charge in [-0.3, -0.25) is 0 Å². The van der Waals surface area contributed by atoms with Gasteiger partial charge in [0.1, 0.15) is 0 Å². The molecule has 0 aromatic carbocycles. The van der Waals surface area contributed by atoms with Crippen LogP contribution in [0.5, 0.6) is 0 Å². The summed E-state index contributed by atoms with van der Waals surface area (Å²) in [5, 5.41) is 3.07. The van der Waals surface area contributed by atoms with Crippen molar-refractivity contribution in [3.05, 3.63) is 18.5 Å². The number of hydrogen-bond donors (Lipinski definition) is 2. The molecule has 0 bridgehead atoms. The molecule has 1 aromatic rings. The molecular formula is C8H14N4. The Balaban J connectivity index is 2.25. The van der Waals surface area contributed by atoms with Gasteiger partial charge in [-0.2, -0.15) is 0 Å². The van der Waals surface area contributed by atoms with Crippen LogP contribution < -0.4 is 11.1 Å². The molecule has 12 heavy (non-hydrogen) atoms. The van der Waals surface area contributed by atoms with E-state index in [1.165, 1.54) is 0 Å². The normalized spacial score (nSPS) is 12.5. The lowest BCUT2D eigenvalue weighted by Gasteiger charge is -2.05. The molecule has 4 heteroatoms. The number of aromatic nitrogens is 2. The van der Waals surface area contributed by atoms with Gasteiger partial charge in [0.05, 0.1) is 0 Å². The number of nitrogens with two attached hydrogens (primary N) is 1. The summed E-state index contributed by atoms with van der Waals surface area (Å²) < 4.78 is 0. The summed E-state index contributed by atoms with van der Waals surface area (Å²) in [5.41, 5.74) is 5.58. The SMILES string of the molecule is CC(N)CCNc1ncccn1. The molecule has 1 unspecified atom stereocenters. The Morgan fingerprint density at radius 2 is 2.17 bits per heavy atom. The molecule has 0 saturated heterocycles. The van der Waals surface area contributed by atoms with Gasteiger partial charge in [0, 0.05) is 25.0 Å². The summed E-state index contributed by atoms with van der Waals surface area (Å²) in [7, 11) is 0. The van der Waals surface area contributed by atoms with Crippen molar-refractivity contribution in [1.82, 2.24) is 9.97 Å². The van der Waals surface area contributed by atoms with Gasteiger partial charge in [0.25, 0.3) is 0 Å². The van der Waals surface area contributed by atoms with Crippen LogP contribution in [0.25, 0.3) is 0 Å². The Morgan fingerprint density at radius 1 is 1.50 bits per heavy atom. The van der Waals surface area contributed by atoms with Crippen molar-refractivity contribution in [3.8, 4) is 0 Å². The van der Waals surface area contributed by atoms with E-state index in [0.717, 1.165) is 13.0 Å².